The van der Waals surface area contributed by atoms with Gasteiger partial charge in [0.2, 0.25) is 11.8 Å². The molecule has 2 aromatic rings. The molecule has 2 atom stereocenters. The lowest BCUT2D eigenvalue weighted by atomic mass is 10.2. The molecule has 0 saturated heterocycles. The molecular weight excluding hydrogens is 344 g/mol. The minimum atomic E-state index is -0.324. The second kappa shape index (κ2) is 8.12. The number of hydrogen-bond acceptors (Lipinski definition) is 4. The van der Waals surface area contributed by atoms with E-state index in [0.29, 0.717) is 23.5 Å². The number of benzene rings is 2. The number of hydrogen-bond donors (Lipinski definition) is 2. The van der Waals surface area contributed by atoms with Gasteiger partial charge in [-0.2, -0.15) is 0 Å². The predicted octanol–water partition coefficient (Wildman–Crippen LogP) is 3.70. The monoisotopic (exact) mass is 368 g/mol. The predicted molar refractivity (Wildman–Crippen MR) is 104 cm³/mol. The second-order valence-corrected chi connectivity index (χ2v) is 6.82. The summed E-state index contributed by atoms with van der Waals surface area (Å²) in [7, 11) is 1.59. The maximum absolute atomic E-state index is 12.5. The molecule has 0 aromatic heterocycles. The standard InChI is InChI=1S/C21H24N2O4/c1-13(2)27-19-7-5-4-6-18(19)23-21(25)17-12-16(17)20(24)22-14-8-10-15(26-3)11-9-14/h4-11,13,16-17H,12H2,1-3H3,(H,22,24)(H,23,25). The minimum Gasteiger partial charge on any atom is -0.497 e. The number of nitrogens with one attached hydrogen (secondary N) is 2. The van der Waals surface area contributed by atoms with Crippen LogP contribution in [-0.4, -0.2) is 25.0 Å². The lowest BCUT2D eigenvalue weighted by molar-refractivity contribution is -0.122. The van der Waals surface area contributed by atoms with Crippen LogP contribution >= 0.6 is 0 Å². The van der Waals surface area contributed by atoms with Crippen molar-refractivity contribution in [3.63, 3.8) is 0 Å². The van der Waals surface area contributed by atoms with Crippen LogP contribution in [0, 0.1) is 11.8 Å². The highest BCUT2D eigenvalue weighted by atomic mass is 16.5. The Kier molecular flexibility index (Phi) is 5.64. The first-order valence-electron chi connectivity index (χ1n) is 8.99. The van der Waals surface area contributed by atoms with Crippen molar-refractivity contribution in [2.24, 2.45) is 11.8 Å². The lowest BCUT2D eigenvalue weighted by Gasteiger charge is -2.14. The number of amides is 2. The van der Waals surface area contributed by atoms with Crippen molar-refractivity contribution in [2.45, 2.75) is 26.4 Å². The zero-order chi connectivity index (χ0) is 19.4. The second-order valence-electron chi connectivity index (χ2n) is 6.82. The van der Waals surface area contributed by atoms with Gasteiger partial charge >= 0.3 is 0 Å². The van der Waals surface area contributed by atoms with Gasteiger partial charge in [-0.05, 0) is 56.7 Å². The van der Waals surface area contributed by atoms with Crippen LogP contribution in [0.4, 0.5) is 11.4 Å². The molecule has 0 radical (unpaired) electrons. The van der Waals surface area contributed by atoms with Crippen LogP contribution < -0.4 is 20.1 Å². The Morgan fingerprint density at radius 1 is 0.963 bits per heavy atom. The van der Waals surface area contributed by atoms with Crippen LogP contribution in [0.3, 0.4) is 0 Å². The largest absolute Gasteiger partial charge is 0.497 e. The summed E-state index contributed by atoms with van der Waals surface area (Å²) in [5.74, 6) is 0.400. The maximum Gasteiger partial charge on any atom is 0.228 e. The van der Waals surface area contributed by atoms with Gasteiger partial charge in [0.25, 0.3) is 0 Å². The molecule has 0 heterocycles. The van der Waals surface area contributed by atoms with Gasteiger partial charge in [0, 0.05) is 5.69 Å². The number of para-hydroxylation sites is 2. The van der Waals surface area contributed by atoms with Crippen LogP contribution in [0.2, 0.25) is 0 Å². The van der Waals surface area contributed by atoms with E-state index >= 15 is 0 Å². The van der Waals surface area contributed by atoms with E-state index in [-0.39, 0.29) is 29.8 Å². The van der Waals surface area contributed by atoms with Gasteiger partial charge in [-0.15, -0.1) is 0 Å². The molecule has 0 aliphatic heterocycles. The summed E-state index contributed by atoms with van der Waals surface area (Å²) < 4.78 is 10.8. The molecule has 2 N–H and O–H groups in total. The van der Waals surface area contributed by atoms with Crippen LogP contribution in [-0.2, 0) is 9.59 Å². The van der Waals surface area contributed by atoms with E-state index in [1.54, 1.807) is 37.4 Å². The van der Waals surface area contributed by atoms with Crippen molar-refractivity contribution in [1.29, 1.82) is 0 Å². The van der Waals surface area contributed by atoms with Crippen LogP contribution in [0.1, 0.15) is 20.3 Å². The van der Waals surface area contributed by atoms with Crippen LogP contribution in [0.15, 0.2) is 48.5 Å². The molecule has 1 saturated carbocycles. The summed E-state index contributed by atoms with van der Waals surface area (Å²) in [4.78, 5) is 24.9. The average molecular weight is 368 g/mol. The number of carbonyl (C=O) groups excluding carboxylic acids is 2. The molecule has 27 heavy (non-hydrogen) atoms. The fourth-order valence-corrected chi connectivity index (χ4v) is 2.84. The van der Waals surface area contributed by atoms with Gasteiger partial charge in [-0.1, -0.05) is 12.1 Å². The molecule has 1 aliphatic carbocycles. The third-order valence-electron chi connectivity index (χ3n) is 4.33. The first-order valence-corrected chi connectivity index (χ1v) is 8.99. The fourth-order valence-electron chi connectivity index (χ4n) is 2.84. The number of methoxy groups -OCH3 is 1. The summed E-state index contributed by atoms with van der Waals surface area (Å²) in [5.41, 5.74) is 1.31. The number of anilines is 2. The first kappa shape index (κ1) is 18.8. The molecule has 2 unspecified atom stereocenters. The van der Waals surface area contributed by atoms with E-state index in [9.17, 15) is 9.59 Å². The zero-order valence-electron chi connectivity index (χ0n) is 15.7. The van der Waals surface area contributed by atoms with E-state index < -0.39 is 0 Å². The van der Waals surface area contributed by atoms with Gasteiger partial charge < -0.3 is 20.1 Å². The summed E-state index contributed by atoms with van der Waals surface area (Å²) in [5, 5.41) is 5.72. The average Bonchev–Trinajstić information content (AvgIpc) is 3.45. The summed E-state index contributed by atoms with van der Waals surface area (Å²) in [6.07, 6.45) is 0.549. The molecule has 2 amide bonds. The van der Waals surface area contributed by atoms with Gasteiger partial charge in [-0.25, -0.2) is 0 Å². The van der Waals surface area contributed by atoms with Crippen LogP contribution in [0.25, 0.3) is 0 Å². The summed E-state index contributed by atoms with van der Waals surface area (Å²) in [6, 6.07) is 14.4. The van der Waals surface area contributed by atoms with E-state index in [1.807, 2.05) is 32.0 Å². The molecule has 6 heteroatoms. The number of ether oxygens (including phenoxy) is 2. The molecule has 0 spiro atoms. The zero-order valence-corrected chi connectivity index (χ0v) is 15.7. The Labute approximate surface area is 158 Å². The summed E-state index contributed by atoms with van der Waals surface area (Å²) >= 11 is 0. The van der Waals surface area contributed by atoms with E-state index in [1.165, 1.54) is 0 Å². The first-order chi connectivity index (χ1) is 13.0. The van der Waals surface area contributed by atoms with Gasteiger partial charge in [-0.3, -0.25) is 9.59 Å². The molecular formula is C21H24N2O4. The van der Waals surface area contributed by atoms with Crippen molar-refractivity contribution in [1.82, 2.24) is 0 Å². The third kappa shape index (κ3) is 4.78. The van der Waals surface area contributed by atoms with Crippen molar-refractivity contribution in [2.75, 3.05) is 17.7 Å². The van der Waals surface area contributed by atoms with E-state index in [2.05, 4.69) is 10.6 Å². The molecule has 3 rings (SSSR count). The Hall–Kier alpha value is -3.02. The highest BCUT2D eigenvalue weighted by molar-refractivity contribution is 6.03. The lowest BCUT2D eigenvalue weighted by Crippen LogP contribution is -2.21. The van der Waals surface area contributed by atoms with Gasteiger partial charge in [0.15, 0.2) is 0 Å². The quantitative estimate of drug-likeness (QED) is 0.781. The van der Waals surface area contributed by atoms with E-state index in [4.69, 9.17) is 9.47 Å². The topological polar surface area (TPSA) is 76.7 Å². The fraction of sp³-hybridized carbons (Fsp3) is 0.333. The van der Waals surface area contributed by atoms with Crippen molar-refractivity contribution in [3.05, 3.63) is 48.5 Å². The number of rotatable bonds is 7. The highest BCUT2D eigenvalue weighted by Crippen LogP contribution is 2.41. The smallest absolute Gasteiger partial charge is 0.228 e. The Balaban J connectivity index is 1.56. The molecule has 2 aromatic carbocycles. The third-order valence-corrected chi connectivity index (χ3v) is 4.33. The Morgan fingerprint density at radius 3 is 2.22 bits per heavy atom. The van der Waals surface area contributed by atoms with Gasteiger partial charge in [0.05, 0.1) is 30.7 Å². The van der Waals surface area contributed by atoms with Crippen molar-refractivity contribution >= 4 is 23.2 Å². The molecule has 6 nitrogen and oxygen atoms in total. The molecule has 0 bridgehead atoms. The van der Waals surface area contributed by atoms with Crippen molar-refractivity contribution in [3.8, 4) is 11.5 Å². The van der Waals surface area contributed by atoms with E-state index in [0.717, 1.165) is 5.75 Å². The normalized spacial score (nSPS) is 17.9. The minimum absolute atomic E-state index is 0.00648. The SMILES string of the molecule is COc1ccc(NC(=O)C2CC2C(=O)Nc2ccccc2OC(C)C)cc1. The molecule has 142 valence electrons. The Morgan fingerprint density at radius 2 is 1.59 bits per heavy atom. The highest BCUT2D eigenvalue weighted by Gasteiger charge is 2.48. The van der Waals surface area contributed by atoms with Gasteiger partial charge in [0.1, 0.15) is 11.5 Å². The molecule has 1 fully saturated rings. The molecule has 1 aliphatic rings. The van der Waals surface area contributed by atoms with Crippen LogP contribution in [0.5, 0.6) is 11.5 Å². The van der Waals surface area contributed by atoms with Crippen molar-refractivity contribution < 1.29 is 19.1 Å². The summed E-state index contributed by atoms with van der Waals surface area (Å²) in [6.45, 7) is 3.86. The Bertz CT molecular complexity index is 817. The number of carbonyl (C=O) groups is 2. The maximum atomic E-state index is 12.5.